The van der Waals surface area contributed by atoms with Crippen molar-refractivity contribution >= 4 is 49.9 Å². The van der Waals surface area contributed by atoms with E-state index in [4.69, 9.17) is 9.72 Å². The lowest BCUT2D eigenvalue weighted by atomic mass is 9.79. The maximum atomic E-state index is 16.2. The van der Waals surface area contributed by atoms with Gasteiger partial charge in [-0.2, -0.15) is 5.26 Å². The molecule has 12 heteroatoms. The Hall–Kier alpha value is -4.11. The Labute approximate surface area is 267 Å². The Kier molecular flexibility index (Phi) is 7.80. The van der Waals surface area contributed by atoms with Crippen LogP contribution in [0.2, 0.25) is 0 Å². The minimum Gasteiger partial charge on any atom is -0.444 e. The largest absolute Gasteiger partial charge is 0.444 e. The first-order valence-electron chi connectivity index (χ1n) is 15.0. The molecule has 1 saturated carbocycles. The van der Waals surface area contributed by atoms with E-state index in [-0.39, 0.29) is 57.3 Å². The van der Waals surface area contributed by atoms with E-state index in [1.165, 1.54) is 25.2 Å². The van der Waals surface area contributed by atoms with Crippen LogP contribution in [0.5, 0.6) is 0 Å². The van der Waals surface area contributed by atoms with Gasteiger partial charge in [0.2, 0.25) is 0 Å². The molecule has 2 aromatic carbocycles. The van der Waals surface area contributed by atoms with Gasteiger partial charge in [-0.25, -0.2) is 23.5 Å². The molecule has 234 valence electrons. The molecule has 4 aromatic rings. The number of pyridine rings is 1. The smallest absolute Gasteiger partial charge is 0.410 e. The molecule has 3 atom stereocenters. The number of benzene rings is 2. The summed E-state index contributed by atoms with van der Waals surface area (Å²) < 4.78 is 39.8. The van der Waals surface area contributed by atoms with Crippen LogP contribution in [0.4, 0.5) is 13.6 Å². The monoisotopic (exact) mass is 678 g/mol. The van der Waals surface area contributed by atoms with Gasteiger partial charge >= 0.3 is 6.09 Å². The first kappa shape index (κ1) is 30.9. The lowest BCUT2D eigenvalue weighted by Gasteiger charge is -2.39. The van der Waals surface area contributed by atoms with Gasteiger partial charge < -0.3 is 19.5 Å². The van der Waals surface area contributed by atoms with Crippen molar-refractivity contribution in [1.82, 2.24) is 24.8 Å². The molecule has 2 amide bonds. The first-order chi connectivity index (χ1) is 21.4. The molecule has 2 aromatic heterocycles. The van der Waals surface area contributed by atoms with Gasteiger partial charge in [0, 0.05) is 48.9 Å². The number of carbonyl (C=O) groups excluding carboxylic acids is 2. The third-order valence-electron chi connectivity index (χ3n) is 8.66. The summed E-state index contributed by atoms with van der Waals surface area (Å²) in [5, 5.41) is 12.3. The van der Waals surface area contributed by atoms with E-state index < -0.39 is 23.1 Å². The van der Waals surface area contributed by atoms with Crippen molar-refractivity contribution in [3.8, 4) is 17.3 Å². The van der Waals surface area contributed by atoms with E-state index in [0.717, 1.165) is 6.42 Å². The van der Waals surface area contributed by atoms with Crippen LogP contribution in [0.15, 0.2) is 28.7 Å². The minimum atomic E-state index is -0.648. The van der Waals surface area contributed by atoms with Gasteiger partial charge in [0.15, 0.2) is 5.82 Å². The highest BCUT2D eigenvalue weighted by Gasteiger charge is 2.56. The molecule has 7 rings (SSSR count). The number of fused-ring (bicyclic) bond motifs is 4. The predicted octanol–water partition coefficient (Wildman–Crippen LogP) is 6.85. The Morgan fingerprint density at radius 1 is 1.20 bits per heavy atom. The zero-order chi connectivity index (χ0) is 32.4. The second-order valence-corrected chi connectivity index (χ2v) is 13.4. The summed E-state index contributed by atoms with van der Waals surface area (Å²) in [5.74, 6) is -0.866. The van der Waals surface area contributed by atoms with Gasteiger partial charge in [0.25, 0.3) is 5.91 Å². The number of aryl methyl sites for hydroxylation is 2. The number of amides is 2. The van der Waals surface area contributed by atoms with Crippen molar-refractivity contribution in [3.05, 3.63) is 57.3 Å². The molecule has 3 unspecified atom stereocenters. The molecular weight excluding hydrogens is 646 g/mol. The van der Waals surface area contributed by atoms with E-state index in [1.807, 2.05) is 33.8 Å². The summed E-state index contributed by atoms with van der Waals surface area (Å²) in [7, 11) is 1.48. The summed E-state index contributed by atoms with van der Waals surface area (Å²) in [5.41, 5.74) is 1.26. The average molecular weight is 680 g/mol. The van der Waals surface area contributed by atoms with Crippen molar-refractivity contribution in [2.24, 2.45) is 5.92 Å². The Morgan fingerprint density at radius 2 is 1.96 bits per heavy atom. The number of ether oxygens (including phenoxy) is 1. The van der Waals surface area contributed by atoms with E-state index in [0.29, 0.717) is 47.2 Å². The fourth-order valence-corrected chi connectivity index (χ4v) is 7.15. The number of hydrogen-bond donors (Lipinski definition) is 1. The number of nitriles is 1. The molecular formula is C33H33BrF2N6O3. The zero-order valence-corrected chi connectivity index (χ0v) is 27.3. The number of hydrogen-bond acceptors (Lipinski definition) is 6. The Morgan fingerprint density at radius 3 is 2.62 bits per heavy atom. The summed E-state index contributed by atoms with van der Waals surface area (Å²) in [6, 6.07) is 7.58. The highest BCUT2D eigenvalue weighted by Crippen LogP contribution is 2.52. The summed E-state index contributed by atoms with van der Waals surface area (Å²) in [4.78, 5) is 37.1. The molecule has 3 fully saturated rings. The van der Waals surface area contributed by atoms with Crippen molar-refractivity contribution in [1.29, 1.82) is 5.26 Å². The van der Waals surface area contributed by atoms with Crippen molar-refractivity contribution < 1.29 is 23.1 Å². The molecule has 2 bridgehead atoms. The third-order valence-corrected chi connectivity index (χ3v) is 9.51. The average Bonchev–Trinajstić information content (AvgIpc) is 3.70. The van der Waals surface area contributed by atoms with Crippen LogP contribution in [0.25, 0.3) is 33.2 Å². The summed E-state index contributed by atoms with van der Waals surface area (Å²) in [6.07, 6.45) is 1.42. The second kappa shape index (κ2) is 11.4. The molecule has 2 saturated heterocycles. The molecule has 4 heterocycles. The molecule has 3 aliphatic rings. The number of rotatable bonds is 6. The van der Waals surface area contributed by atoms with E-state index in [2.05, 4.69) is 36.9 Å². The van der Waals surface area contributed by atoms with E-state index in [1.54, 1.807) is 4.90 Å². The van der Waals surface area contributed by atoms with Crippen LogP contribution in [0.1, 0.15) is 68.3 Å². The van der Waals surface area contributed by atoms with Crippen LogP contribution in [-0.2, 0) is 17.6 Å². The molecule has 1 aliphatic carbocycles. The van der Waals surface area contributed by atoms with Crippen molar-refractivity contribution in [2.75, 3.05) is 13.6 Å². The van der Waals surface area contributed by atoms with Gasteiger partial charge in [-0.05, 0) is 79.4 Å². The van der Waals surface area contributed by atoms with Gasteiger partial charge in [-0.3, -0.25) is 4.79 Å². The number of nitrogens with zero attached hydrogens (tertiary/aromatic N) is 5. The van der Waals surface area contributed by atoms with Gasteiger partial charge in [0.05, 0.1) is 28.1 Å². The Bertz CT molecular complexity index is 1930. The van der Waals surface area contributed by atoms with Crippen LogP contribution in [-0.4, -0.2) is 56.7 Å². The van der Waals surface area contributed by atoms with Crippen LogP contribution in [0, 0.1) is 28.9 Å². The minimum absolute atomic E-state index is 0.00861. The van der Waals surface area contributed by atoms with Crippen LogP contribution in [0.3, 0.4) is 0 Å². The Balaban J connectivity index is 1.64. The number of aromatic nitrogens is 3. The molecule has 0 spiro atoms. The van der Waals surface area contributed by atoms with E-state index in [9.17, 15) is 14.9 Å². The SMILES string of the molecule is CCc1nc2c(-c3cc(C(=O)NC)ccc3F)nc3c(F)c(Br)c(CCC#N)cc3c2n1C1C2CC1N(C(=O)OC(C)(C)C)C2. The number of nitrogens with one attached hydrogen (secondary N) is 1. The summed E-state index contributed by atoms with van der Waals surface area (Å²) in [6.45, 7) is 7.96. The van der Waals surface area contributed by atoms with Gasteiger partial charge in [-0.1, -0.05) is 6.92 Å². The van der Waals surface area contributed by atoms with Crippen molar-refractivity contribution in [2.45, 2.75) is 71.1 Å². The van der Waals surface area contributed by atoms with E-state index >= 15 is 8.78 Å². The quantitative estimate of drug-likeness (QED) is 0.239. The molecule has 2 aliphatic heterocycles. The third kappa shape index (κ3) is 5.11. The highest BCUT2D eigenvalue weighted by atomic mass is 79.9. The first-order valence-corrected chi connectivity index (χ1v) is 15.8. The van der Waals surface area contributed by atoms with Crippen LogP contribution < -0.4 is 5.32 Å². The fourth-order valence-electron chi connectivity index (χ4n) is 6.65. The highest BCUT2D eigenvalue weighted by molar-refractivity contribution is 9.10. The van der Waals surface area contributed by atoms with Gasteiger partial charge in [-0.15, -0.1) is 0 Å². The lowest BCUT2D eigenvalue weighted by molar-refractivity contribution is 0.0209. The molecule has 9 nitrogen and oxygen atoms in total. The number of carbonyl (C=O) groups is 2. The molecule has 1 N–H and O–H groups in total. The lowest BCUT2D eigenvalue weighted by Crippen LogP contribution is -2.44. The number of halogens is 3. The maximum absolute atomic E-state index is 16.2. The zero-order valence-electron chi connectivity index (χ0n) is 25.7. The summed E-state index contributed by atoms with van der Waals surface area (Å²) >= 11 is 3.37. The standard InChI is InChI=1S/C33H33BrF2N6O3/c1-6-23-39-28-27(19-13-17(31(43)38-5)9-10-21(19)35)40-26-20(12-16(8-7-11-37)24(34)25(26)36)30(28)42(23)29-18-14-22(29)41(15-18)32(44)45-33(2,3)4/h9-10,12-13,18,22,29H,6-8,14-15H2,1-5H3,(H,38,43). The second-order valence-electron chi connectivity index (χ2n) is 12.6. The van der Waals surface area contributed by atoms with Crippen molar-refractivity contribution in [3.63, 3.8) is 0 Å². The predicted molar refractivity (Wildman–Crippen MR) is 169 cm³/mol. The molecule has 45 heavy (non-hydrogen) atoms. The maximum Gasteiger partial charge on any atom is 0.410 e. The molecule has 0 radical (unpaired) electrons. The van der Waals surface area contributed by atoms with Gasteiger partial charge in [0.1, 0.15) is 34.0 Å². The van der Waals surface area contributed by atoms with Crippen LogP contribution >= 0.6 is 15.9 Å². The topological polar surface area (TPSA) is 113 Å². The number of imidazole rings is 1. The normalized spacial score (nSPS) is 19.1. The fraction of sp³-hybridized carbons (Fsp3) is 0.424.